The van der Waals surface area contributed by atoms with E-state index in [1.807, 2.05) is 19.1 Å². The molecule has 0 saturated heterocycles. The first kappa shape index (κ1) is 22.5. The van der Waals surface area contributed by atoms with E-state index in [9.17, 15) is 14.0 Å². The number of halogens is 1. The highest BCUT2D eigenvalue weighted by molar-refractivity contribution is 7.11. The Morgan fingerprint density at radius 2 is 1.77 bits per heavy atom. The highest BCUT2D eigenvalue weighted by atomic mass is 32.1. The van der Waals surface area contributed by atoms with E-state index >= 15 is 0 Å². The third-order valence-corrected chi connectivity index (χ3v) is 6.45. The van der Waals surface area contributed by atoms with Crippen molar-refractivity contribution >= 4 is 23.2 Å². The van der Waals surface area contributed by atoms with Crippen molar-refractivity contribution in [2.75, 3.05) is 13.1 Å². The molecule has 1 saturated carbocycles. The van der Waals surface area contributed by atoms with Crippen molar-refractivity contribution in [3.63, 3.8) is 0 Å². The van der Waals surface area contributed by atoms with Gasteiger partial charge in [-0.1, -0.05) is 32.4 Å². The zero-order valence-corrected chi connectivity index (χ0v) is 18.9. The van der Waals surface area contributed by atoms with Crippen LogP contribution in [-0.4, -0.2) is 34.7 Å². The van der Waals surface area contributed by atoms with Crippen LogP contribution in [-0.2, 0) is 22.7 Å². The predicted molar refractivity (Wildman–Crippen MR) is 118 cm³/mol. The van der Waals surface area contributed by atoms with E-state index in [0.717, 1.165) is 29.7 Å². The van der Waals surface area contributed by atoms with E-state index in [4.69, 9.17) is 0 Å². The van der Waals surface area contributed by atoms with Crippen molar-refractivity contribution in [1.29, 1.82) is 0 Å². The standard InChI is InChI=1S/C24H31FN2O2S/c1-17(2)13-27(24(29)20-5-4-6-20)16-23(28)26(15-22-12-7-18(3)30-22)14-19-8-10-21(25)11-9-19/h7-12,17,20H,4-6,13-16H2,1-3H3. The number of carbonyl (C=O) groups excluding carboxylic acids is 2. The van der Waals surface area contributed by atoms with E-state index in [0.29, 0.717) is 25.6 Å². The highest BCUT2D eigenvalue weighted by Crippen LogP contribution is 2.28. The van der Waals surface area contributed by atoms with Crippen LogP contribution in [0.25, 0.3) is 0 Å². The van der Waals surface area contributed by atoms with Gasteiger partial charge in [0.1, 0.15) is 5.82 Å². The molecule has 0 spiro atoms. The van der Waals surface area contributed by atoms with Gasteiger partial charge in [0.25, 0.3) is 0 Å². The number of amides is 2. The summed E-state index contributed by atoms with van der Waals surface area (Å²) < 4.78 is 13.3. The smallest absolute Gasteiger partial charge is 0.242 e. The Hall–Kier alpha value is -2.21. The molecule has 1 aliphatic carbocycles. The van der Waals surface area contributed by atoms with Gasteiger partial charge in [0.15, 0.2) is 0 Å². The van der Waals surface area contributed by atoms with E-state index in [2.05, 4.69) is 13.8 Å². The van der Waals surface area contributed by atoms with Crippen molar-refractivity contribution in [1.82, 2.24) is 9.80 Å². The fourth-order valence-electron chi connectivity index (χ4n) is 3.65. The van der Waals surface area contributed by atoms with Gasteiger partial charge in [-0.3, -0.25) is 9.59 Å². The summed E-state index contributed by atoms with van der Waals surface area (Å²) in [7, 11) is 0. The van der Waals surface area contributed by atoms with Gasteiger partial charge < -0.3 is 9.80 Å². The molecule has 0 aliphatic heterocycles. The Morgan fingerprint density at radius 3 is 2.30 bits per heavy atom. The fourth-order valence-corrected chi connectivity index (χ4v) is 4.56. The average molecular weight is 431 g/mol. The lowest BCUT2D eigenvalue weighted by Gasteiger charge is -2.34. The molecular formula is C24H31FN2O2S. The van der Waals surface area contributed by atoms with Gasteiger partial charge in [0, 0.05) is 28.8 Å². The van der Waals surface area contributed by atoms with E-state index in [1.54, 1.807) is 33.3 Å². The lowest BCUT2D eigenvalue weighted by molar-refractivity contribution is -0.145. The lowest BCUT2D eigenvalue weighted by atomic mass is 9.84. The Balaban J connectivity index is 1.75. The molecule has 1 fully saturated rings. The van der Waals surface area contributed by atoms with Gasteiger partial charge in [-0.2, -0.15) is 0 Å². The van der Waals surface area contributed by atoms with Crippen molar-refractivity contribution in [2.24, 2.45) is 11.8 Å². The Kier molecular flexibility index (Phi) is 7.64. The third kappa shape index (κ3) is 6.14. The maximum atomic E-state index is 13.3. The molecule has 2 amide bonds. The molecule has 4 nitrogen and oxygen atoms in total. The molecule has 1 aliphatic rings. The van der Waals surface area contributed by atoms with Crippen LogP contribution in [0.5, 0.6) is 0 Å². The van der Waals surface area contributed by atoms with E-state index in [-0.39, 0.29) is 30.1 Å². The summed E-state index contributed by atoms with van der Waals surface area (Å²) >= 11 is 1.67. The number of aryl methyl sites for hydroxylation is 1. The maximum Gasteiger partial charge on any atom is 0.242 e. The molecule has 162 valence electrons. The first-order valence-corrected chi connectivity index (χ1v) is 11.5. The number of thiophene rings is 1. The molecule has 0 bridgehead atoms. The van der Waals surface area contributed by atoms with E-state index < -0.39 is 0 Å². The number of hydrogen-bond acceptors (Lipinski definition) is 3. The van der Waals surface area contributed by atoms with Crippen LogP contribution >= 0.6 is 11.3 Å². The molecule has 1 aromatic carbocycles. The van der Waals surface area contributed by atoms with Crippen LogP contribution in [0, 0.1) is 24.6 Å². The van der Waals surface area contributed by atoms with Crippen LogP contribution in [0.15, 0.2) is 36.4 Å². The Bertz CT molecular complexity index is 858. The van der Waals surface area contributed by atoms with Crippen molar-refractivity contribution in [3.8, 4) is 0 Å². The highest BCUT2D eigenvalue weighted by Gasteiger charge is 2.31. The minimum absolute atomic E-state index is 0.0706. The summed E-state index contributed by atoms with van der Waals surface area (Å²) in [4.78, 5) is 32.0. The average Bonchev–Trinajstić information content (AvgIpc) is 3.05. The molecule has 3 rings (SSSR count). The van der Waals surface area contributed by atoms with Crippen LogP contribution < -0.4 is 0 Å². The molecule has 2 aromatic rings. The number of hydrogen-bond donors (Lipinski definition) is 0. The number of benzene rings is 1. The second-order valence-corrected chi connectivity index (χ2v) is 10.0. The van der Waals surface area contributed by atoms with Gasteiger partial charge in [-0.25, -0.2) is 4.39 Å². The molecule has 0 N–H and O–H groups in total. The topological polar surface area (TPSA) is 40.6 Å². The molecule has 1 aromatic heterocycles. The molecule has 0 radical (unpaired) electrons. The minimum Gasteiger partial charge on any atom is -0.333 e. The van der Waals surface area contributed by atoms with Gasteiger partial charge in [-0.05, 0) is 55.5 Å². The Labute approximate surface area is 182 Å². The molecule has 30 heavy (non-hydrogen) atoms. The summed E-state index contributed by atoms with van der Waals surface area (Å²) in [5, 5.41) is 0. The van der Waals surface area contributed by atoms with Crippen LogP contribution in [0.4, 0.5) is 4.39 Å². The largest absolute Gasteiger partial charge is 0.333 e. The van der Waals surface area contributed by atoms with Gasteiger partial charge in [-0.15, -0.1) is 11.3 Å². The lowest BCUT2D eigenvalue weighted by Crippen LogP contribution is -2.47. The number of nitrogens with zero attached hydrogens (tertiary/aromatic N) is 2. The van der Waals surface area contributed by atoms with E-state index in [1.165, 1.54) is 17.0 Å². The van der Waals surface area contributed by atoms with Gasteiger partial charge in [0.2, 0.25) is 11.8 Å². The summed E-state index contributed by atoms with van der Waals surface area (Å²) in [5.41, 5.74) is 0.874. The monoisotopic (exact) mass is 430 g/mol. The predicted octanol–water partition coefficient (Wildman–Crippen LogP) is 5.01. The summed E-state index contributed by atoms with van der Waals surface area (Å²) in [6.45, 7) is 7.74. The SMILES string of the molecule is Cc1ccc(CN(Cc2ccc(F)cc2)C(=O)CN(CC(C)C)C(=O)C2CCC2)s1. The van der Waals surface area contributed by atoms with Crippen LogP contribution in [0.2, 0.25) is 0 Å². The zero-order valence-electron chi connectivity index (χ0n) is 18.1. The molecule has 6 heteroatoms. The van der Waals surface area contributed by atoms with Crippen molar-refractivity contribution in [2.45, 2.75) is 53.1 Å². The summed E-state index contributed by atoms with van der Waals surface area (Å²) in [6.07, 6.45) is 2.94. The van der Waals surface area contributed by atoms with Crippen molar-refractivity contribution < 1.29 is 14.0 Å². The Morgan fingerprint density at radius 1 is 1.07 bits per heavy atom. The zero-order chi connectivity index (χ0) is 21.7. The van der Waals surface area contributed by atoms with Crippen LogP contribution in [0.3, 0.4) is 0 Å². The van der Waals surface area contributed by atoms with Gasteiger partial charge in [0.05, 0.1) is 13.1 Å². The quantitative estimate of drug-likeness (QED) is 0.561. The van der Waals surface area contributed by atoms with Crippen LogP contribution in [0.1, 0.15) is 48.4 Å². The number of carbonyl (C=O) groups is 2. The second kappa shape index (κ2) is 10.2. The fraction of sp³-hybridized carbons (Fsp3) is 0.500. The second-order valence-electron chi connectivity index (χ2n) is 8.63. The first-order valence-electron chi connectivity index (χ1n) is 10.7. The maximum absolute atomic E-state index is 13.3. The summed E-state index contributed by atoms with van der Waals surface area (Å²) in [5.74, 6) is 0.116. The summed E-state index contributed by atoms with van der Waals surface area (Å²) in [6, 6.07) is 10.3. The number of rotatable bonds is 9. The van der Waals surface area contributed by atoms with Crippen molar-refractivity contribution in [3.05, 3.63) is 57.5 Å². The first-order chi connectivity index (χ1) is 14.3. The molecular weight excluding hydrogens is 399 g/mol. The third-order valence-electron chi connectivity index (χ3n) is 5.46. The molecule has 0 unspecified atom stereocenters. The normalized spacial score (nSPS) is 13.9. The molecule has 1 heterocycles. The minimum atomic E-state index is -0.292. The molecule has 0 atom stereocenters. The van der Waals surface area contributed by atoms with Gasteiger partial charge >= 0.3 is 0 Å².